The number of aromatic nitrogens is 6. The number of aromatic amines is 1. The number of benzene rings is 1. The van der Waals surface area contributed by atoms with E-state index in [1.807, 2.05) is 0 Å². The van der Waals surface area contributed by atoms with E-state index in [2.05, 4.69) is 25.4 Å². The van der Waals surface area contributed by atoms with Gasteiger partial charge in [0.25, 0.3) is 0 Å². The molecular weight excluding hydrogens is 326 g/mol. The zero-order chi connectivity index (χ0) is 17.1. The molecule has 1 aromatic carbocycles. The van der Waals surface area contributed by atoms with Crippen LogP contribution in [0.5, 0.6) is 11.6 Å². The fourth-order valence-corrected chi connectivity index (χ4v) is 2.08. The Bertz CT molecular complexity index is 888. The molecular formula is C13H12F2N6O3. The van der Waals surface area contributed by atoms with Crippen LogP contribution in [0.1, 0.15) is 5.56 Å². The van der Waals surface area contributed by atoms with Crippen LogP contribution in [-0.2, 0) is 13.7 Å². The highest BCUT2D eigenvalue weighted by molar-refractivity contribution is 5.49. The number of alkyl halides is 2. The van der Waals surface area contributed by atoms with Gasteiger partial charge in [0, 0.05) is 19.3 Å². The smallest absolute Gasteiger partial charge is 0.387 e. The van der Waals surface area contributed by atoms with Crippen molar-refractivity contribution in [3.63, 3.8) is 0 Å². The summed E-state index contributed by atoms with van der Waals surface area (Å²) in [4.78, 5) is 11.7. The Morgan fingerprint density at radius 3 is 2.79 bits per heavy atom. The maximum atomic E-state index is 12.6. The first kappa shape index (κ1) is 15.6. The SMILES string of the molecule is Cn1ccc(OCc2c(OC(F)F)cccc2-n2nn[nH]c2=O)n1. The molecule has 126 valence electrons. The molecule has 0 radical (unpaired) electrons. The van der Waals surface area contributed by atoms with Gasteiger partial charge in [-0.05, 0) is 22.6 Å². The van der Waals surface area contributed by atoms with Gasteiger partial charge in [-0.1, -0.05) is 6.07 Å². The van der Waals surface area contributed by atoms with Crippen LogP contribution in [0, 0.1) is 0 Å². The molecule has 0 aliphatic rings. The van der Waals surface area contributed by atoms with E-state index >= 15 is 0 Å². The van der Waals surface area contributed by atoms with Crippen molar-refractivity contribution in [1.29, 1.82) is 0 Å². The van der Waals surface area contributed by atoms with Gasteiger partial charge in [0.15, 0.2) is 0 Å². The Balaban J connectivity index is 1.99. The molecule has 0 saturated carbocycles. The van der Waals surface area contributed by atoms with E-state index in [0.717, 1.165) is 4.68 Å². The van der Waals surface area contributed by atoms with Crippen LogP contribution < -0.4 is 15.2 Å². The second-order valence-corrected chi connectivity index (χ2v) is 4.67. The topological polar surface area (TPSA) is 99.9 Å². The molecule has 0 spiro atoms. The molecule has 2 aromatic heterocycles. The standard InChI is InChI=1S/C13H12F2N6O3/c1-20-6-5-11(17-20)23-7-8-9(21-13(22)16-18-19-21)3-2-4-10(8)24-12(14)15/h2-6,12H,7H2,1H3,(H,16,19,22). The number of aryl methyl sites for hydroxylation is 1. The highest BCUT2D eigenvalue weighted by atomic mass is 19.3. The predicted octanol–water partition coefficient (Wildman–Crippen LogP) is 0.869. The van der Waals surface area contributed by atoms with Crippen molar-refractivity contribution in [1.82, 2.24) is 30.0 Å². The quantitative estimate of drug-likeness (QED) is 0.716. The molecule has 3 aromatic rings. The van der Waals surface area contributed by atoms with Gasteiger partial charge in [-0.25, -0.2) is 9.89 Å². The largest absolute Gasteiger partial charge is 0.472 e. The third-order valence-electron chi connectivity index (χ3n) is 3.08. The van der Waals surface area contributed by atoms with Crippen molar-refractivity contribution in [2.45, 2.75) is 13.2 Å². The molecule has 0 amide bonds. The van der Waals surface area contributed by atoms with E-state index < -0.39 is 12.3 Å². The summed E-state index contributed by atoms with van der Waals surface area (Å²) in [5.74, 6) is 0.163. The number of halogens is 2. The van der Waals surface area contributed by atoms with E-state index in [0.29, 0.717) is 5.88 Å². The molecule has 0 bridgehead atoms. The Labute approximate surface area is 133 Å². The first-order valence-electron chi connectivity index (χ1n) is 6.74. The number of nitrogens with zero attached hydrogens (tertiary/aromatic N) is 5. The molecule has 0 unspecified atom stereocenters. The summed E-state index contributed by atoms with van der Waals surface area (Å²) in [6.45, 7) is -3.18. The lowest BCUT2D eigenvalue weighted by Gasteiger charge is -2.14. The van der Waals surface area contributed by atoms with Crippen molar-refractivity contribution < 1.29 is 18.3 Å². The van der Waals surface area contributed by atoms with Crippen LogP contribution in [0.4, 0.5) is 8.78 Å². The minimum Gasteiger partial charge on any atom is -0.472 e. The number of rotatable bonds is 6. The molecule has 0 atom stereocenters. The molecule has 9 nitrogen and oxygen atoms in total. The minimum atomic E-state index is -3.03. The molecule has 0 aliphatic heterocycles. The van der Waals surface area contributed by atoms with Crippen molar-refractivity contribution in [2.75, 3.05) is 0 Å². The van der Waals surface area contributed by atoms with Gasteiger partial charge in [0.05, 0.1) is 11.3 Å². The zero-order valence-electron chi connectivity index (χ0n) is 12.4. The third kappa shape index (κ3) is 3.24. The van der Waals surface area contributed by atoms with Crippen molar-refractivity contribution in [3.05, 3.63) is 46.5 Å². The number of nitrogens with one attached hydrogen (secondary N) is 1. The zero-order valence-corrected chi connectivity index (χ0v) is 12.4. The van der Waals surface area contributed by atoms with E-state index in [-0.39, 0.29) is 23.6 Å². The molecule has 1 N–H and O–H groups in total. The lowest BCUT2D eigenvalue weighted by molar-refractivity contribution is -0.0508. The summed E-state index contributed by atoms with van der Waals surface area (Å²) in [6, 6.07) is 5.92. The number of tetrazole rings is 1. The van der Waals surface area contributed by atoms with Crippen LogP contribution in [0.3, 0.4) is 0 Å². The fourth-order valence-electron chi connectivity index (χ4n) is 2.08. The van der Waals surface area contributed by atoms with E-state index in [4.69, 9.17) is 4.74 Å². The Hall–Kier alpha value is -3.24. The second kappa shape index (κ2) is 6.48. The highest BCUT2D eigenvalue weighted by Gasteiger charge is 2.18. The number of hydrogen-bond acceptors (Lipinski definition) is 6. The molecule has 11 heteroatoms. The van der Waals surface area contributed by atoms with Crippen LogP contribution in [0.25, 0.3) is 5.69 Å². The van der Waals surface area contributed by atoms with E-state index in [9.17, 15) is 13.6 Å². The van der Waals surface area contributed by atoms with Crippen LogP contribution >= 0.6 is 0 Å². The van der Waals surface area contributed by atoms with Crippen LogP contribution in [0.15, 0.2) is 35.3 Å². The van der Waals surface area contributed by atoms with E-state index in [1.54, 1.807) is 19.3 Å². The maximum Gasteiger partial charge on any atom is 0.387 e. The van der Waals surface area contributed by atoms with Gasteiger partial charge in [-0.15, -0.1) is 5.10 Å². The average molecular weight is 338 g/mol. The van der Waals surface area contributed by atoms with Crippen LogP contribution in [-0.4, -0.2) is 36.6 Å². The average Bonchev–Trinajstić information content (AvgIpc) is 3.13. The summed E-state index contributed by atoms with van der Waals surface area (Å²) < 4.78 is 37.7. The predicted molar refractivity (Wildman–Crippen MR) is 76.2 cm³/mol. The van der Waals surface area contributed by atoms with Gasteiger partial charge in [0.1, 0.15) is 12.4 Å². The Kier molecular flexibility index (Phi) is 4.22. The van der Waals surface area contributed by atoms with Gasteiger partial charge in [-0.2, -0.15) is 13.5 Å². The maximum absolute atomic E-state index is 12.6. The molecule has 24 heavy (non-hydrogen) atoms. The van der Waals surface area contributed by atoms with Gasteiger partial charge in [0.2, 0.25) is 5.88 Å². The normalized spacial score (nSPS) is 11.0. The van der Waals surface area contributed by atoms with Gasteiger partial charge < -0.3 is 9.47 Å². The number of hydrogen-bond donors (Lipinski definition) is 1. The lowest BCUT2D eigenvalue weighted by atomic mass is 10.1. The lowest BCUT2D eigenvalue weighted by Crippen LogP contribution is -2.19. The van der Waals surface area contributed by atoms with Crippen molar-refractivity contribution >= 4 is 0 Å². The monoisotopic (exact) mass is 338 g/mol. The van der Waals surface area contributed by atoms with Crippen molar-refractivity contribution in [3.8, 4) is 17.3 Å². The van der Waals surface area contributed by atoms with E-state index in [1.165, 1.54) is 22.9 Å². The molecule has 2 heterocycles. The first-order valence-corrected chi connectivity index (χ1v) is 6.74. The minimum absolute atomic E-state index is 0.131. The fraction of sp³-hybridized carbons (Fsp3) is 0.231. The first-order chi connectivity index (χ1) is 11.5. The molecule has 0 aliphatic carbocycles. The molecule has 3 rings (SSSR count). The second-order valence-electron chi connectivity index (χ2n) is 4.67. The summed E-state index contributed by atoms with van der Waals surface area (Å²) >= 11 is 0. The summed E-state index contributed by atoms with van der Waals surface area (Å²) in [5.41, 5.74) is -0.203. The summed E-state index contributed by atoms with van der Waals surface area (Å²) in [6.07, 6.45) is 1.67. The number of ether oxygens (including phenoxy) is 2. The third-order valence-corrected chi connectivity index (χ3v) is 3.08. The summed E-state index contributed by atoms with van der Waals surface area (Å²) in [5, 5.41) is 13.1. The molecule has 0 fully saturated rings. The number of H-pyrrole nitrogens is 1. The molecule has 0 saturated heterocycles. The van der Waals surface area contributed by atoms with Gasteiger partial charge >= 0.3 is 12.3 Å². The van der Waals surface area contributed by atoms with Crippen molar-refractivity contribution in [2.24, 2.45) is 7.05 Å². The van der Waals surface area contributed by atoms with Gasteiger partial charge in [-0.3, -0.25) is 4.68 Å². The Morgan fingerprint density at radius 2 is 2.17 bits per heavy atom. The van der Waals surface area contributed by atoms with Crippen LogP contribution in [0.2, 0.25) is 0 Å². The summed E-state index contributed by atoms with van der Waals surface area (Å²) in [7, 11) is 1.71. The highest BCUT2D eigenvalue weighted by Crippen LogP contribution is 2.27. The Morgan fingerprint density at radius 1 is 1.33 bits per heavy atom.